The highest BCUT2D eigenvalue weighted by molar-refractivity contribution is 7.07. The standard InChI is InChI=1S/C23H16ClFN2O2S/c24-15-9-7-14(8-10-15)21-20-17(5-2-6-18(20)28)26-23-27(21)22(29)19(30-23)12-13-3-1-4-16(25)11-13/h1,3-4,7-12,21H,2,5-6H2. The Kier molecular flexibility index (Phi) is 4.76. The number of benzene rings is 2. The molecule has 1 aromatic heterocycles. The van der Waals surface area contributed by atoms with Crippen LogP contribution in [0.1, 0.15) is 36.4 Å². The molecule has 0 spiro atoms. The van der Waals surface area contributed by atoms with Crippen LogP contribution in [0.15, 0.2) is 69.6 Å². The summed E-state index contributed by atoms with van der Waals surface area (Å²) in [6.07, 6.45) is 3.58. The molecule has 4 nitrogen and oxygen atoms in total. The monoisotopic (exact) mass is 438 g/mol. The van der Waals surface area contributed by atoms with Crippen LogP contribution in [0.2, 0.25) is 5.02 Å². The van der Waals surface area contributed by atoms with Gasteiger partial charge in [0, 0.05) is 17.0 Å². The van der Waals surface area contributed by atoms with Crippen LogP contribution in [-0.4, -0.2) is 10.4 Å². The van der Waals surface area contributed by atoms with Crippen molar-refractivity contribution >= 4 is 34.8 Å². The largest absolute Gasteiger partial charge is 0.294 e. The van der Waals surface area contributed by atoms with Gasteiger partial charge in [-0.15, -0.1) is 0 Å². The predicted octanol–water partition coefficient (Wildman–Crippen LogP) is 3.76. The number of nitrogens with zero attached hydrogens (tertiary/aromatic N) is 2. The molecular formula is C23H16ClFN2O2S. The van der Waals surface area contributed by atoms with Crippen LogP contribution >= 0.6 is 22.9 Å². The lowest BCUT2D eigenvalue weighted by atomic mass is 9.86. The van der Waals surface area contributed by atoms with Crippen molar-refractivity contribution in [2.75, 3.05) is 0 Å². The van der Waals surface area contributed by atoms with Crippen molar-refractivity contribution in [3.8, 4) is 0 Å². The van der Waals surface area contributed by atoms with E-state index in [2.05, 4.69) is 4.99 Å². The van der Waals surface area contributed by atoms with Crippen molar-refractivity contribution in [3.63, 3.8) is 0 Å². The predicted molar refractivity (Wildman–Crippen MR) is 115 cm³/mol. The Morgan fingerprint density at radius 3 is 2.70 bits per heavy atom. The zero-order valence-electron chi connectivity index (χ0n) is 15.8. The van der Waals surface area contributed by atoms with Gasteiger partial charge in [0.25, 0.3) is 5.56 Å². The number of aromatic nitrogens is 1. The van der Waals surface area contributed by atoms with E-state index in [1.807, 2.05) is 12.1 Å². The van der Waals surface area contributed by atoms with E-state index in [9.17, 15) is 14.0 Å². The van der Waals surface area contributed by atoms with E-state index < -0.39 is 6.04 Å². The summed E-state index contributed by atoms with van der Waals surface area (Å²) in [5.41, 5.74) is 2.52. The fourth-order valence-corrected chi connectivity index (χ4v) is 5.16. The van der Waals surface area contributed by atoms with Gasteiger partial charge in [-0.1, -0.05) is 47.2 Å². The van der Waals surface area contributed by atoms with Crippen molar-refractivity contribution in [2.45, 2.75) is 25.3 Å². The van der Waals surface area contributed by atoms with Crippen molar-refractivity contribution in [1.82, 2.24) is 4.57 Å². The van der Waals surface area contributed by atoms with E-state index in [1.54, 1.807) is 34.9 Å². The number of Topliss-reactive ketones (excluding diaryl/α,β-unsaturated/α-hetero) is 1. The summed E-state index contributed by atoms with van der Waals surface area (Å²) >= 11 is 7.31. The minimum absolute atomic E-state index is 0.0272. The lowest BCUT2D eigenvalue weighted by Crippen LogP contribution is -2.40. The number of fused-ring (bicyclic) bond motifs is 1. The molecule has 2 heterocycles. The fourth-order valence-electron chi connectivity index (χ4n) is 4.02. The smallest absolute Gasteiger partial charge is 0.271 e. The Balaban J connectivity index is 1.76. The summed E-state index contributed by atoms with van der Waals surface area (Å²) in [5.74, 6) is -0.337. The van der Waals surface area contributed by atoms with Gasteiger partial charge in [0.2, 0.25) is 0 Å². The molecule has 0 saturated heterocycles. The van der Waals surface area contributed by atoms with Gasteiger partial charge in [0.05, 0.1) is 16.3 Å². The van der Waals surface area contributed by atoms with E-state index in [0.717, 1.165) is 17.7 Å². The van der Waals surface area contributed by atoms with Gasteiger partial charge in [0.15, 0.2) is 10.6 Å². The number of carbonyl (C=O) groups is 1. The molecule has 150 valence electrons. The molecule has 1 atom stereocenters. The Morgan fingerprint density at radius 2 is 1.93 bits per heavy atom. The van der Waals surface area contributed by atoms with E-state index in [4.69, 9.17) is 11.6 Å². The Morgan fingerprint density at radius 1 is 1.13 bits per heavy atom. The number of hydrogen-bond donors (Lipinski definition) is 0. The van der Waals surface area contributed by atoms with Crippen molar-refractivity contribution < 1.29 is 9.18 Å². The molecule has 3 aromatic rings. The second-order valence-corrected chi connectivity index (χ2v) is 8.77. The van der Waals surface area contributed by atoms with Crippen molar-refractivity contribution in [2.24, 2.45) is 4.99 Å². The number of carbonyl (C=O) groups excluding carboxylic acids is 1. The molecule has 0 radical (unpaired) electrons. The Hall–Kier alpha value is -2.83. The Bertz CT molecular complexity index is 1390. The second kappa shape index (κ2) is 7.45. The lowest BCUT2D eigenvalue weighted by Gasteiger charge is -2.28. The third-order valence-corrected chi connectivity index (χ3v) is 6.59. The number of rotatable bonds is 2. The summed E-state index contributed by atoms with van der Waals surface area (Å²) < 4.78 is 15.6. The van der Waals surface area contributed by atoms with Crippen molar-refractivity contribution in [1.29, 1.82) is 0 Å². The minimum atomic E-state index is -0.532. The van der Waals surface area contributed by atoms with E-state index in [-0.39, 0.29) is 17.2 Å². The molecule has 0 N–H and O–H groups in total. The highest BCUT2D eigenvalue weighted by Crippen LogP contribution is 2.36. The number of ketones is 1. The average Bonchev–Trinajstić information content (AvgIpc) is 3.02. The van der Waals surface area contributed by atoms with Crippen LogP contribution in [-0.2, 0) is 4.79 Å². The van der Waals surface area contributed by atoms with E-state index in [1.165, 1.54) is 23.5 Å². The maximum atomic E-state index is 13.6. The maximum Gasteiger partial charge on any atom is 0.271 e. The highest BCUT2D eigenvalue weighted by Gasteiger charge is 2.34. The van der Waals surface area contributed by atoms with Crippen molar-refractivity contribution in [3.05, 3.63) is 101 Å². The first kappa shape index (κ1) is 19.2. The van der Waals surface area contributed by atoms with Gasteiger partial charge in [-0.3, -0.25) is 14.2 Å². The normalized spacial score (nSPS) is 18.8. The van der Waals surface area contributed by atoms with Gasteiger partial charge in [-0.25, -0.2) is 9.38 Å². The first-order valence-electron chi connectivity index (χ1n) is 9.60. The molecule has 1 aliphatic carbocycles. The molecule has 2 aromatic carbocycles. The molecule has 0 fully saturated rings. The first-order chi connectivity index (χ1) is 14.5. The van der Waals surface area contributed by atoms with Crippen LogP contribution in [0, 0.1) is 5.82 Å². The number of allylic oxidation sites excluding steroid dienone is 2. The van der Waals surface area contributed by atoms with Crippen LogP contribution in [0.3, 0.4) is 0 Å². The number of halogens is 2. The second-order valence-electron chi connectivity index (χ2n) is 7.33. The zero-order chi connectivity index (χ0) is 20.8. The molecule has 30 heavy (non-hydrogen) atoms. The van der Waals surface area contributed by atoms with E-state index >= 15 is 0 Å². The zero-order valence-corrected chi connectivity index (χ0v) is 17.3. The first-order valence-corrected chi connectivity index (χ1v) is 10.8. The summed E-state index contributed by atoms with van der Waals surface area (Å²) in [6, 6.07) is 12.8. The minimum Gasteiger partial charge on any atom is -0.294 e. The molecule has 1 aliphatic heterocycles. The molecule has 0 saturated carbocycles. The fraction of sp³-hybridized carbons (Fsp3) is 0.174. The topological polar surface area (TPSA) is 51.4 Å². The molecular weight excluding hydrogens is 423 g/mol. The number of hydrogen-bond acceptors (Lipinski definition) is 4. The third kappa shape index (κ3) is 3.26. The summed E-state index contributed by atoms with van der Waals surface area (Å²) in [5, 5.41) is 0.585. The molecule has 5 rings (SSSR count). The molecule has 1 unspecified atom stereocenters. The summed E-state index contributed by atoms with van der Waals surface area (Å²) in [6.45, 7) is 0. The van der Waals surface area contributed by atoms with Gasteiger partial charge < -0.3 is 0 Å². The summed E-state index contributed by atoms with van der Waals surface area (Å²) in [7, 11) is 0. The van der Waals surface area contributed by atoms with Gasteiger partial charge in [0.1, 0.15) is 5.82 Å². The average molecular weight is 439 g/mol. The maximum absolute atomic E-state index is 13.6. The van der Waals surface area contributed by atoms with Gasteiger partial charge in [-0.2, -0.15) is 0 Å². The van der Waals surface area contributed by atoms with Crippen LogP contribution in [0.4, 0.5) is 4.39 Å². The van der Waals surface area contributed by atoms with Gasteiger partial charge >= 0.3 is 0 Å². The van der Waals surface area contributed by atoms with E-state index in [0.29, 0.717) is 38.3 Å². The molecule has 0 bridgehead atoms. The van der Waals surface area contributed by atoms with Crippen LogP contribution < -0.4 is 14.9 Å². The molecule has 0 amide bonds. The number of thiazole rings is 1. The third-order valence-electron chi connectivity index (χ3n) is 5.36. The Labute approximate surface area is 180 Å². The summed E-state index contributed by atoms with van der Waals surface area (Å²) in [4.78, 5) is 31.4. The molecule has 2 aliphatic rings. The van der Waals surface area contributed by atoms with Crippen LogP contribution in [0.25, 0.3) is 6.08 Å². The SMILES string of the molecule is O=C1CCCC2=C1C(c1ccc(Cl)cc1)n1c(sc(=Cc3cccc(F)c3)c1=O)=N2. The highest BCUT2D eigenvalue weighted by atomic mass is 35.5. The van der Waals surface area contributed by atoms with Crippen LogP contribution in [0.5, 0.6) is 0 Å². The quantitative estimate of drug-likeness (QED) is 0.611. The van der Waals surface area contributed by atoms with Gasteiger partial charge in [-0.05, 0) is 54.3 Å². The lowest BCUT2D eigenvalue weighted by molar-refractivity contribution is -0.116. The molecule has 7 heteroatoms.